The highest BCUT2D eigenvalue weighted by Crippen LogP contribution is 2.28. The van der Waals surface area contributed by atoms with Crippen LogP contribution in [0.3, 0.4) is 0 Å². The molecule has 0 atom stereocenters. The Labute approximate surface area is 89.7 Å². The van der Waals surface area contributed by atoms with E-state index in [1.165, 1.54) is 24.3 Å². The average molecular weight is 228 g/mol. The molecule has 1 aromatic carbocycles. The van der Waals surface area contributed by atoms with Gasteiger partial charge < -0.3 is 5.11 Å². The summed E-state index contributed by atoms with van der Waals surface area (Å²) in [6.45, 7) is 0. The third-order valence-electron chi connectivity index (χ3n) is 1.61. The first-order valence-electron chi connectivity index (χ1n) is 3.86. The maximum Gasteiger partial charge on any atom is 0.328 e. The van der Waals surface area contributed by atoms with Gasteiger partial charge in [-0.15, -0.1) is 0 Å². The van der Waals surface area contributed by atoms with Gasteiger partial charge in [0.1, 0.15) is 5.02 Å². The Morgan fingerprint density at radius 3 is 2.73 bits per heavy atom. The lowest BCUT2D eigenvalue weighted by Gasteiger charge is -1.98. The number of benzene rings is 1. The van der Waals surface area contributed by atoms with Crippen LogP contribution in [-0.2, 0) is 4.79 Å². The highest BCUT2D eigenvalue weighted by molar-refractivity contribution is 6.34. The number of hydrogen-bond donors (Lipinski definition) is 1. The molecule has 0 bridgehead atoms. The zero-order valence-corrected chi connectivity index (χ0v) is 8.14. The number of halogens is 1. The summed E-state index contributed by atoms with van der Waals surface area (Å²) in [5.41, 5.74) is 0.0532. The van der Waals surface area contributed by atoms with Crippen LogP contribution in [0.5, 0.6) is 0 Å². The van der Waals surface area contributed by atoms with Gasteiger partial charge in [-0.1, -0.05) is 23.7 Å². The minimum Gasteiger partial charge on any atom is -0.478 e. The molecule has 0 saturated heterocycles. The predicted molar refractivity (Wildman–Crippen MR) is 54.8 cm³/mol. The molecule has 0 saturated carbocycles. The van der Waals surface area contributed by atoms with Crippen LogP contribution in [0.15, 0.2) is 24.3 Å². The molecule has 5 nitrogen and oxygen atoms in total. The third kappa shape index (κ3) is 2.78. The van der Waals surface area contributed by atoms with Gasteiger partial charge in [0.25, 0.3) is 5.69 Å². The van der Waals surface area contributed by atoms with E-state index in [9.17, 15) is 14.9 Å². The summed E-state index contributed by atoms with van der Waals surface area (Å²) in [4.78, 5) is 20.1. The largest absolute Gasteiger partial charge is 0.478 e. The van der Waals surface area contributed by atoms with Crippen molar-refractivity contribution in [2.75, 3.05) is 0 Å². The lowest BCUT2D eigenvalue weighted by atomic mass is 10.2. The Kier molecular flexibility index (Phi) is 3.41. The van der Waals surface area contributed by atoms with Gasteiger partial charge in [-0.05, 0) is 6.08 Å². The predicted octanol–water partition coefficient (Wildman–Crippen LogP) is 2.35. The van der Waals surface area contributed by atoms with Crippen molar-refractivity contribution in [1.29, 1.82) is 0 Å². The number of nitro benzene ring substituents is 1. The highest BCUT2D eigenvalue weighted by Gasteiger charge is 2.13. The van der Waals surface area contributed by atoms with E-state index in [1.54, 1.807) is 0 Å². The van der Waals surface area contributed by atoms with Crippen LogP contribution >= 0.6 is 11.6 Å². The first kappa shape index (κ1) is 11.2. The van der Waals surface area contributed by atoms with E-state index in [1.807, 2.05) is 0 Å². The lowest BCUT2D eigenvalue weighted by molar-refractivity contribution is -0.384. The molecule has 0 spiro atoms. The second-order valence-corrected chi connectivity index (χ2v) is 2.99. The van der Waals surface area contributed by atoms with Crippen molar-refractivity contribution in [1.82, 2.24) is 0 Å². The normalized spacial score (nSPS) is 10.5. The Bertz CT molecular complexity index is 442. The first-order chi connectivity index (χ1) is 7.02. The van der Waals surface area contributed by atoms with E-state index in [0.717, 1.165) is 6.08 Å². The maximum atomic E-state index is 10.5. The van der Waals surface area contributed by atoms with E-state index in [2.05, 4.69) is 0 Å². The monoisotopic (exact) mass is 227 g/mol. The van der Waals surface area contributed by atoms with Crippen molar-refractivity contribution in [2.45, 2.75) is 0 Å². The number of carboxylic acid groups (broad SMARTS) is 1. The molecule has 0 aliphatic rings. The van der Waals surface area contributed by atoms with Gasteiger partial charge in [-0.2, -0.15) is 0 Å². The average Bonchev–Trinajstić information content (AvgIpc) is 2.15. The van der Waals surface area contributed by atoms with Crippen LogP contribution in [0.2, 0.25) is 5.02 Å². The molecule has 0 unspecified atom stereocenters. The summed E-state index contributed by atoms with van der Waals surface area (Å²) < 4.78 is 0. The standard InChI is InChI=1S/C9H6ClNO4/c10-9-6(4-5-8(12)13)2-1-3-7(9)11(14)15/h1-5H,(H,12,13)/b5-4+. The van der Waals surface area contributed by atoms with Gasteiger partial charge in [0, 0.05) is 17.7 Å². The van der Waals surface area contributed by atoms with Crippen molar-refractivity contribution in [3.05, 3.63) is 45.0 Å². The second-order valence-electron chi connectivity index (χ2n) is 2.61. The van der Waals surface area contributed by atoms with Crippen molar-refractivity contribution < 1.29 is 14.8 Å². The van der Waals surface area contributed by atoms with Crippen molar-refractivity contribution in [3.8, 4) is 0 Å². The molecule has 0 fully saturated rings. The molecule has 0 heterocycles. The van der Waals surface area contributed by atoms with Crippen molar-refractivity contribution >= 4 is 29.3 Å². The molecular weight excluding hydrogens is 222 g/mol. The SMILES string of the molecule is O=C(O)/C=C/c1cccc([N+](=O)[O-])c1Cl. The number of nitro groups is 1. The van der Waals surface area contributed by atoms with E-state index in [0.29, 0.717) is 5.56 Å². The number of carboxylic acids is 1. The quantitative estimate of drug-likeness (QED) is 0.488. The molecule has 0 aliphatic carbocycles. The molecule has 15 heavy (non-hydrogen) atoms. The second kappa shape index (κ2) is 4.56. The Morgan fingerprint density at radius 2 is 2.20 bits per heavy atom. The molecule has 1 aromatic rings. The summed E-state index contributed by atoms with van der Waals surface area (Å²) in [5.74, 6) is -1.14. The van der Waals surface area contributed by atoms with Gasteiger partial charge in [0.2, 0.25) is 0 Å². The van der Waals surface area contributed by atoms with Gasteiger partial charge in [-0.25, -0.2) is 4.79 Å². The number of aliphatic carboxylic acids is 1. The molecule has 0 amide bonds. The van der Waals surface area contributed by atoms with Gasteiger partial charge in [0.15, 0.2) is 0 Å². The zero-order chi connectivity index (χ0) is 11.4. The summed E-state index contributed by atoms with van der Waals surface area (Å²) in [7, 11) is 0. The molecule has 6 heteroatoms. The Hall–Kier alpha value is -1.88. The van der Waals surface area contributed by atoms with Crippen molar-refractivity contribution in [3.63, 3.8) is 0 Å². The third-order valence-corrected chi connectivity index (χ3v) is 2.02. The van der Waals surface area contributed by atoms with Gasteiger partial charge in [0.05, 0.1) is 4.92 Å². The number of nitrogens with zero attached hydrogens (tertiary/aromatic N) is 1. The van der Waals surface area contributed by atoms with Crippen LogP contribution < -0.4 is 0 Å². The summed E-state index contributed by atoms with van der Waals surface area (Å²) in [6, 6.07) is 4.18. The number of hydrogen-bond acceptors (Lipinski definition) is 3. The highest BCUT2D eigenvalue weighted by atomic mass is 35.5. The van der Waals surface area contributed by atoms with Gasteiger partial charge in [-0.3, -0.25) is 10.1 Å². The summed E-state index contributed by atoms with van der Waals surface area (Å²) in [6.07, 6.45) is 2.07. The molecule has 0 aliphatic heterocycles. The minimum absolute atomic E-state index is 0.0694. The fourth-order valence-electron chi connectivity index (χ4n) is 0.968. The fraction of sp³-hybridized carbons (Fsp3) is 0. The lowest BCUT2D eigenvalue weighted by Crippen LogP contribution is -1.91. The van der Waals surface area contributed by atoms with Crippen molar-refractivity contribution in [2.24, 2.45) is 0 Å². The fourth-order valence-corrected chi connectivity index (χ4v) is 1.23. The van der Waals surface area contributed by atoms with E-state index in [4.69, 9.17) is 16.7 Å². The molecule has 1 rings (SSSR count). The maximum absolute atomic E-state index is 10.5. The summed E-state index contributed by atoms with van der Waals surface area (Å²) >= 11 is 5.70. The zero-order valence-electron chi connectivity index (χ0n) is 7.38. The smallest absolute Gasteiger partial charge is 0.328 e. The van der Waals surface area contributed by atoms with Crippen LogP contribution in [0, 0.1) is 10.1 Å². The number of carbonyl (C=O) groups is 1. The molecule has 1 N–H and O–H groups in total. The molecule has 0 aromatic heterocycles. The topological polar surface area (TPSA) is 80.4 Å². The summed E-state index contributed by atoms with van der Waals surface area (Å²) in [5, 5.41) is 18.8. The van der Waals surface area contributed by atoms with Crippen LogP contribution in [0.1, 0.15) is 5.56 Å². The Morgan fingerprint density at radius 1 is 1.53 bits per heavy atom. The van der Waals surface area contributed by atoms with Gasteiger partial charge >= 0.3 is 5.97 Å². The van der Waals surface area contributed by atoms with E-state index < -0.39 is 10.9 Å². The van der Waals surface area contributed by atoms with E-state index >= 15 is 0 Å². The van der Waals surface area contributed by atoms with E-state index in [-0.39, 0.29) is 10.7 Å². The minimum atomic E-state index is -1.14. The van der Waals surface area contributed by atoms with Crippen LogP contribution in [-0.4, -0.2) is 16.0 Å². The molecular formula is C9H6ClNO4. The first-order valence-corrected chi connectivity index (χ1v) is 4.24. The Balaban J connectivity index is 3.15. The van der Waals surface area contributed by atoms with Crippen LogP contribution in [0.4, 0.5) is 5.69 Å². The molecule has 78 valence electrons. The van der Waals surface area contributed by atoms with Crippen LogP contribution in [0.25, 0.3) is 6.08 Å². The molecule has 0 radical (unpaired) electrons. The number of rotatable bonds is 3.